The Hall–Kier alpha value is -4.20. The third kappa shape index (κ3) is 3.83. The van der Waals surface area contributed by atoms with Gasteiger partial charge in [-0.05, 0) is 47.1 Å². The van der Waals surface area contributed by atoms with Crippen LogP contribution < -0.4 is 10.6 Å². The van der Waals surface area contributed by atoms with E-state index in [9.17, 15) is 19.2 Å². The first-order valence-corrected chi connectivity index (χ1v) is 9.11. The lowest BCUT2D eigenvalue weighted by atomic mass is 10.2. The Kier molecular flexibility index (Phi) is 5.13. The molecule has 4 rings (SSSR count). The molecule has 4 aromatic rings. The normalized spacial score (nSPS) is 10.7. The van der Waals surface area contributed by atoms with Crippen LogP contribution in [0.5, 0.6) is 5.88 Å². The predicted molar refractivity (Wildman–Crippen MR) is 114 cm³/mol. The number of nitroso groups, excluding NO2 is 1. The van der Waals surface area contributed by atoms with E-state index in [0.29, 0.717) is 28.8 Å². The Bertz CT molecular complexity index is 1240. The lowest BCUT2D eigenvalue weighted by Crippen LogP contribution is -2.19. The minimum absolute atomic E-state index is 0.102. The quantitative estimate of drug-likeness (QED) is 0.379. The SMILES string of the molecule is O=Nc1c(O)n(Cc2ccccc2)c2ccc(NC(=O)Nc3cccc(F)c3)cc12. The highest BCUT2D eigenvalue weighted by molar-refractivity contribution is 6.03. The summed E-state index contributed by atoms with van der Waals surface area (Å²) in [5.74, 6) is -0.712. The van der Waals surface area contributed by atoms with Crippen LogP contribution in [0.25, 0.3) is 10.9 Å². The third-order valence-electron chi connectivity index (χ3n) is 4.63. The smallest absolute Gasteiger partial charge is 0.323 e. The van der Waals surface area contributed by atoms with Crippen LogP contribution in [-0.2, 0) is 6.54 Å². The fourth-order valence-electron chi connectivity index (χ4n) is 3.28. The van der Waals surface area contributed by atoms with Crippen molar-refractivity contribution in [2.75, 3.05) is 10.6 Å². The highest BCUT2D eigenvalue weighted by atomic mass is 19.1. The number of anilines is 2. The van der Waals surface area contributed by atoms with E-state index in [-0.39, 0.29) is 11.6 Å². The van der Waals surface area contributed by atoms with Crippen LogP contribution in [0.3, 0.4) is 0 Å². The molecule has 0 aliphatic rings. The predicted octanol–water partition coefficient (Wildman–Crippen LogP) is 5.58. The summed E-state index contributed by atoms with van der Waals surface area (Å²) >= 11 is 0. The molecule has 30 heavy (non-hydrogen) atoms. The van der Waals surface area contributed by atoms with Crippen molar-refractivity contribution in [2.24, 2.45) is 5.18 Å². The molecule has 0 atom stereocenters. The zero-order valence-electron chi connectivity index (χ0n) is 15.7. The van der Waals surface area contributed by atoms with Crippen LogP contribution in [0, 0.1) is 10.7 Å². The van der Waals surface area contributed by atoms with E-state index in [1.807, 2.05) is 30.3 Å². The summed E-state index contributed by atoms with van der Waals surface area (Å²) in [4.78, 5) is 23.6. The minimum atomic E-state index is -0.575. The van der Waals surface area contributed by atoms with Gasteiger partial charge in [-0.3, -0.25) is 0 Å². The molecule has 1 aromatic heterocycles. The molecule has 3 aromatic carbocycles. The van der Waals surface area contributed by atoms with Gasteiger partial charge in [0.1, 0.15) is 5.82 Å². The van der Waals surface area contributed by atoms with Gasteiger partial charge in [0.2, 0.25) is 5.88 Å². The van der Waals surface area contributed by atoms with Gasteiger partial charge in [-0.25, -0.2) is 9.18 Å². The number of halogens is 1. The summed E-state index contributed by atoms with van der Waals surface area (Å²) in [6, 6.07) is 19.3. The molecule has 8 heteroatoms. The Balaban J connectivity index is 1.62. The van der Waals surface area contributed by atoms with Gasteiger partial charge in [-0.1, -0.05) is 36.4 Å². The molecule has 7 nitrogen and oxygen atoms in total. The minimum Gasteiger partial charge on any atom is -0.493 e. The average molecular weight is 404 g/mol. The zero-order chi connectivity index (χ0) is 21.1. The number of rotatable bonds is 5. The van der Waals surface area contributed by atoms with Crippen LogP contribution in [0.15, 0.2) is 78.0 Å². The number of carbonyl (C=O) groups is 1. The number of fused-ring (bicyclic) bond motifs is 1. The topological polar surface area (TPSA) is 95.7 Å². The fourth-order valence-corrected chi connectivity index (χ4v) is 3.28. The summed E-state index contributed by atoms with van der Waals surface area (Å²) in [7, 11) is 0. The molecular formula is C22H17FN4O3. The Morgan fingerprint density at radius 2 is 1.70 bits per heavy atom. The van der Waals surface area contributed by atoms with Crippen LogP contribution in [0.1, 0.15) is 5.56 Å². The Morgan fingerprint density at radius 1 is 0.967 bits per heavy atom. The second-order valence-electron chi connectivity index (χ2n) is 6.66. The van der Waals surface area contributed by atoms with Crippen LogP contribution >= 0.6 is 0 Å². The van der Waals surface area contributed by atoms with Crippen molar-refractivity contribution in [3.8, 4) is 5.88 Å². The van der Waals surface area contributed by atoms with E-state index in [0.717, 1.165) is 5.56 Å². The lowest BCUT2D eigenvalue weighted by molar-refractivity contribution is 0.262. The van der Waals surface area contributed by atoms with E-state index < -0.39 is 11.8 Å². The van der Waals surface area contributed by atoms with E-state index in [4.69, 9.17) is 0 Å². The second-order valence-corrected chi connectivity index (χ2v) is 6.66. The molecule has 1 heterocycles. The molecule has 0 saturated heterocycles. The highest BCUT2D eigenvalue weighted by Gasteiger charge is 2.18. The van der Waals surface area contributed by atoms with E-state index in [1.54, 1.807) is 28.8 Å². The van der Waals surface area contributed by atoms with Gasteiger partial charge in [-0.2, -0.15) is 0 Å². The number of urea groups is 1. The highest BCUT2D eigenvalue weighted by Crippen LogP contribution is 2.40. The number of nitrogens with one attached hydrogen (secondary N) is 2. The first-order chi connectivity index (χ1) is 14.5. The van der Waals surface area contributed by atoms with E-state index in [2.05, 4.69) is 15.8 Å². The molecule has 0 unspecified atom stereocenters. The van der Waals surface area contributed by atoms with Gasteiger partial charge >= 0.3 is 6.03 Å². The summed E-state index contributed by atoms with van der Waals surface area (Å²) < 4.78 is 14.8. The fraction of sp³-hybridized carbons (Fsp3) is 0.0455. The van der Waals surface area contributed by atoms with Crippen LogP contribution in [-0.4, -0.2) is 15.7 Å². The van der Waals surface area contributed by atoms with Crippen LogP contribution in [0.2, 0.25) is 0 Å². The number of nitrogens with zero attached hydrogens (tertiary/aromatic N) is 2. The number of aromatic hydroxyl groups is 1. The molecule has 150 valence electrons. The van der Waals surface area contributed by atoms with Gasteiger partial charge in [-0.15, -0.1) is 4.91 Å². The molecule has 0 aliphatic heterocycles. The van der Waals surface area contributed by atoms with Crippen LogP contribution in [0.4, 0.5) is 26.2 Å². The molecule has 0 bridgehead atoms. The maximum atomic E-state index is 13.3. The molecule has 3 N–H and O–H groups in total. The van der Waals surface area contributed by atoms with Crippen molar-refractivity contribution in [2.45, 2.75) is 6.54 Å². The molecule has 0 saturated carbocycles. The third-order valence-corrected chi connectivity index (χ3v) is 4.63. The summed E-state index contributed by atoms with van der Waals surface area (Å²) in [6.07, 6.45) is 0. The van der Waals surface area contributed by atoms with Crippen molar-refractivity contribution in [3.63, 3.8) is 0 Å². The average Bonchev–Trinajstić information content (AvgIpc) is 2.99. The number of carbonyl (C=O) groups excluding carboxylic acids is 1. The van der Waals surface area contributed by atoms with Crippen molar-refractivity contribution in [1.82, 2.24) is 4.57 Å². The zero-order valence-corrected chi connectivity index (χ0v) is 15.7. The van der Waals surface area contributed by atoms with Gasteiger partial charge in [0.15, 0.2) is 5.69 Å². The van der Waals surface area contributed by atoms with Gasteiger partial charge in [0, 0.05) is 16.8 Å². The van der Waals surface area contributed by atoms with Crippen molar-refractivity contribution in [3.05, 3.63) is 89.1 Å². The molecular weight excluding hydrogens is 387 g/mol. The number of amides is 2. The summed E-state index contributed by atoms with van der Waals surface area (Å²) in [6.45, 7) is 0.353. The maximum absolute atomic E-state index is 13.3. The molecule has 0 fully saturated rings. The largest absolute Gasteiger partial charge is 0.493 e. The standard InChI is InChI=1S/C22H17FN4O3/c23-15-7-4-8-16(11-15)24-22(29)25-17-9-10-19-18(12-17)20(26-30)21(28)27(19)13-14-5-2-1-3-6-14/h1-12,28H,13H2,(H2,24,25,29). The number of benzene rings is 3. The van der Waals surface area contributed by atoms with Gasteiger partial charge in [0.25, 0.3) is 0 Å². The van der Waals surface area contributed by atoms with E-state index in [1.165, 1.54) is 18.2 Å². The Morgan fingerprint density at radius 3 is 2.40 bits per heavy atom. The monoisotopic (exact) mass is 404 g/mol. The molecule has 0 spiro atoms. The Labute approximate surface area is 170 Å². The number of aromatic nitrogens is 1. The molecule has 2 amide bonds. The lowest BCUT2D eigenvalue weighted by Gasteiger charge is -2.09. The number of hydrogen-bond acceptors (Lipinski definition) is 4. The van der Waals surface area contributed by atoms with Crippen molar-refractivity contribution < 1.29 is 14.3 Å². The summed E-state index contributed by atoms with van der Waals surface area (Å²) in [5, 5.41) is 19.0. The molecule has 0 aliphatic carbocycles. The van der Waals surface area contributed by atoms with E-state index >= 15 is 0 Å². The molecule has 0 radical (unpaired) electrons. The first-order valence-electron chi connectivity index (χ1n) is 9.11. The van der Waals surface area contributed by atoms with Crippen molar-refractivity contribution >= 4 is 34.0 Å². The summed E-state index contributed by atoms with van der Waals surface area (Å²) in [5.41, 5.74) is 2.13. The first kappa shape index (κ1) is 19.1. The second kappa shape index (κ2) is 8.04. The van der Waals surface area contributed by atoms with Gasteiger partial charge in [0.05, 0.1) is 12.1 Å². The van der Waals surface area contributed by atoms with Gasteiger partial charge < -0.3 is 20.3 Å². The van der Waals surface area contributed by atoms with Crippen molar-refractivity contribution in [1.29, 1.82) is 0 Å². The maximum Gasteiger partial charge on any atom is 0.323 e. The number of hydrogen-bond donors (Lipinski definition) is 3.